The number of rotatable bonds is 5. The molecule has 2 rings (SSSR count). The Balaban J connectivity index is 2.13. The van der Waals surface area contributed by atoms with Crippen LogP contribution in [0.25, 0.3) is 0 Å². The third-order valence-corrected chi connectivity index (χ3v) is 5.02. The van der Waals surface area contributed by atoms with Gasteiger partial charge in [-0.2, -0.15) is 0 Å². The zero-order valence-electron chi connectivity index (χ0n) is 12.8. The number of carbonyl (C=O) groups excluding carboxylic acids is 1. The van der Waals surface area contributed by atoms with E-state index in [9.17, 15) is 4.79 Å². The first-order valence-corrected chi connectivity index (χ1v) is 8.20. The molecule has 1 aliphatic carbocycles. The van der Waals surface area contributed by atoms with E-state index in [4.69, 9.17) is 4.74 Å². The van der Waals surface area contributed by atoms with Gasteiger partial charge in [0.25, 0.3) is 0 Å². The molecule has 5 heteroatoms. The Labute approximate surface area is 125 Å². The van der Waals surface area contributed by atoms with E-state index in [0.29, 0.717) is 12.6 Å². The predicted molar refractivity (Wildman–Crippen MR) is 82.4 cm³/mol. The summed E-state index contributed by atoms with van der Waals surface area (Å²) < 4.78 is 5.14. The van der Waals surface area contributed by atoms with E-state index in [2.05, 4.69) is 16.9 Å². The molecule has 4 nitrogen and oxygen atoms in total. The smallest absolute Gasteiger partial charge is 0.317 e. The van der Waals surface area contributed by atoms with Crippen LogP contribution in [0, 0.1) is 0 Å². The van der Waals surface area contributed by atoms with Crippen molar-refractivity contribution in [2.24, 2.45) is 0 Å². The molecular weight excluding hydrogens is 272 g/mol. The van der Waals surface area contributed by atoms with Gasteiger partial charge < -0.3 is 9.64 Å². The molecule has 112 valence electrons. The summed E-state index contributed by atoms with van der Waals surface area (Å²) in [7, 11) is 2.11. The van der Waals surface area contributed by atoms with Gasteiger partial charge in [0.1, 0.15) is 5.41 Å². The van der Waals surface area contributed by atoms with Gasteiger partial charge in [0, 0.05) is 18.5 Å². The van der Waals surface area contributed by atoms with Crippen LogP contribution in [0.15, 0.2) is 5.38 Å². The van der Waals surface area contributed by atoms with Gasteiger partial charge in [0.05, 0.1) is 12.3 Å². The molecule has 1 saturated carbocycles. The molecule has 0 saturated heterocycles. The maximum atomic E-state index is 12.0. The van der Waals surface area contributed by atoms with Crippen LogP contribution in [-0.2, 0) is 14.9 Å². The standard InChI is InChI=1S/C15H24N2O2S/c1-5-19-13(18)15(2,3)12-10-20-14(16-12)17(4)11-8-6-7-9-11/h10-11H,5-9H2,1-4H3. The zero-order valence-corrected chi connectivity index (χ0v) is 13.6. The lowest BCUT2D eigenvalue weighted by Crippen LogP contribution is -2.32. The van der Waals surface area contributed by atoms with E-state index in [1.165, 1.54) is 25.7 Å². The lowest BCUT2D eigenvalue weighted by Gasteiger charge is -2.24. The summed E-state index contributed by atoms with van der Waals surface area (Å²) in [6, 6.07) is 0.597. The minimum absolute atomic E-state index is 0.208. The monoisotopic (exact) mass is 296 g/mol. The zero-order chi connectivity index (χ0) is 14.8. The molecular formula is C15H24N2O2S. The number of carbonyl (C=O) groups is 1. The summed E-state index contributed by atoms with van der Waals surface area (Å²) in [6.07, 6.45) is 5.10. The van der Waals surface area contributed by atoms with Crippen molar-refractivity contribution in [2.45, 2.75) is 57.9 Å². The Morgan fingerprint density at radius 1 is 1.50 bits per heavy atom. The highest BCUT2D eigenvalue weighted by Gasteiger charge is 2.34. The third kappa shape index (κ3) is 2.97. The molecule has 20 heavy (non-hydrogen) atoms. The van der Waals surface area contributed by atoms with Crippen molar-refractivity contribution in [2.75, 3.05) is 18.6 Å². The van der Waals surface area contributed by atoms with E-state index in [1.54, 1.807) is 11.3 Å². The second-order valence-electron chi connectivity index (χ2n) is 5.91. The maximum Gasteiger partial charge on any atom is 0.317 e. The van der Waals surface area contributed by atoms with Crippen LogP contribution in [-0.4, -0.2) is 30.6 Å². The van der Waals surface area contributed by atoms with Crippen LogP contribution in [0.1, 0.15) is 52.1 Å². The van der Waals surface area contributed by atoms with Gasteiger partial charge in [-0.15, -0.1) is 11.3 Å². The Morgan fingerprint density at radius 3 is 2.75 bits per heavy atom. The Hall–Kier alpha value is -1.10. The van der Waals surface area contributed by atoms with Crippen molar-refractivity contribution < 1.29 is 9.53 Å². The summed E-state index contributed by atoms with van der Waals surface area (Å²) in [5.74, 6) is -0.208. The molecule has 1 aromatic heterocycles. The molecule has 1 aliphatic rings. The summed E-state index contributed by atoms with van der Waals surface area (Å²) in [5, 5.41) is 2.99. The van der Waals surface area contributed by atoms with Gasteiger partial charge in [-0.1, -0.05) is 12.8 Å². The Kier molecular flexibility index (Phi) is 4.68. The fraction of sp³-hybridized carbons (Fsp3) is 0.733. The molecule has 1 heterocycles. The van der Waals surface area contributed by atoms with E-state index in [0.717, 1.165) is 10.8 Å². The van der Waals surface area contributed by atoms with Crippen LogP contribution >= 0.6 is 11.3 Å². The number of aromatic nitrogens is 1. The van der Waals surface area contributed by atoms with Gasteiger partial charge in [0.15, 0.2) is 5.13 Å². The van der Waals surface area contributed by atoms with Gasteiger partial charge >= 0.3 is 5.97 Å². The Bertz CT molecular complexity index is 464. The molecule has 0 N–H and O–H groups in total. The van der Waals surface area contributed by atoms with Gasteiger partial charge in [-0.3, -0.25) is 4.79 Å². The number of thiazole rings is 1. The van der Waals surface area contributed by atoms with Crippen LogP contribution in [0.5, 0.6) is 0 Å². The Morgan fingerprint density at radius 2 is 2.15 bits per heavy atom. The molecule has 0 atom stereocenters. The first-order chi connectivity index (χ1) is 9.46. The fourth-order valence-electron chi connectivity index (χ4n) is 2.58. The lowest BCUT2D eigenvalue weighted by atomic mass is 9.90. The van der Waals surface area contributed by atoms with Crippen molar-refractivity contribution in [1.82, 2.24) is 4.98 Å². The van der Waals surface area contributed by atoms with E-state index in [1.807, 2.05) is 26.2 Å². The molecule has 1 aromatic rings. The molecule has 0 spiro atoms. The highest BCUT2D eigenvalue weighted by atomic mass is 32.1. The summed E-state index contributed by atoms with van der Waals surface area (Å²) in [6.45, 7) is 5.98. The number of ether oxygens (including phenoxy) is 1. The first-order valence-electron chi connectivity index (χ1n) is 7.33. The molecule has 0 unspecified atom stereocenters. The highest BCUT2D eigenvalue weighted by Crippen LogP contribution is 2.33. The third-order valence-electron chi connectivity index (χ3n) is 4.09. The van der Waals surface area contributed by atoms with Gasteiger partial charge in [-0.05, 0) is 33.6 Å². The van der Waals surface area contributed by atoms with Crippen LogP contribution < -0.4 is 4.90 Å². The first kappa shape index (κ1) is 15.3. The molecule has 0 bridgehead atoms. The summed E-state index contributed by atoms with van der Waals surface area (Å²) in [4.78, 5) is 19.0. The van der Waals surface area contributed by atoms with Gasteiger partial charge in [-0.25, -0.2) is 4.98 Å². The van der Waals surface area contributed by atoms with E-state index >= 15 is 0 Å². The quantitative estimate of drug-likeness (QED) is 0.781. The second-order valence-corrected chi connectivity index (χ2v) is 6.75. The SMILES string of the molecule is CCOC(=O)C(C)(C)c1csc(N(C)C2CCCC2)n1. The van der Waals surface area contributed by atoms with Crippen molar-refractivity contribution in [3.63, 3.8) is 0 Å². The molecule has 0 aromatic carbocycles. The number of esters is 1. The fourth-order valence-corrected chi connectivity index (χ4v) is 3.61. The molecule has 0 radical (unpaired) electrons. The maximum absolute atomic E-state index is 12.0. The van der Waals surface area contributed by atoms with Crippen LogP contribution in [0.3, 0.4) is 0 Å². The average Bonchev–Trinajstić information content (AvgIpc) is 3.09. The second kappa shape index (κ2) is 6.12. The number of nitrogens with zero attached hydrogens (tertiary/aromatic N) is 2. The van der Waals surface area contributed by atoms with Crippen LogP contribution in [0.2, 0.25) is 0 Å². The molecule has 0 amide bonds. The normalized spacial score (nSPS) is 16.4. The number of hydrogen-bond acceptors (Lipinski definition) is 5. The van der Waals surface area contributed by atoms with Crippen molar-refractivity contribution in [3.8, 4) is 0 Å². The summed E-state index contributed by atoms with van der Waals surface area (Å²) in [5.41, 5.74) is 0.127. The number of hydrogen-bond donors (Lipinski definition) is 0. The molecule has 1 fully saturated rings. The minimum Gasteiger partial charge on any atom is -0.465 e. The lowest BCUT2D eigenvalue weighted by molar-refractivity contribution is -0.148. The van der Waals surface area contributed by atoms with Crippen molar-refractivity contribution >= 4 is 22.4 Å². The largest absolute Gasteiger partial charge is 0.465 e. The number of anilines is 1. The average molecular weight is 296 g/mol. The van der Waals surface area contributed by atoms with Crippen molar-refractivity contribution in [1.29, 1.82) is 0 Å². The van der Waals surface area contributed by atoms with Crippen molar-refractivity contribution in [3.05, 3.63) is 11.1 Å². The summed E-state index contributed by atoms with van der Waals surface area (Å²) >= 11 is 1.61. The van der Waals surface area contributed by atoms with E-state index in [-0.39, 0.29) is 5.97 Å². The van der Waals surface area contributed by atoms with Gasteiger partial charge in [0.2, 0.25) is 0 Å². The topological polar surface area (TPSA) is 42.4 Å². The predicted octanol–water partition coefficient (Wildman–Crippen LogP) is 3.36. The van der Waals surface area contributed by atoms with Crippen LogP contribution in [0.4, 0.5) is 5.13 Å². The van der Waals surface area contributed by atoms with E-state index < -0.39 is 5.41 Å². The molecule has 0 aliphatic heterocycles. The minimum atomic E-state index is -0.679. The highest BCUT2D eigenvalue weighted by molar-refractivity contribution is 7.13.